The molecule has 3 aromatic carbocycles. The number of ether oxygens (including phenoxy) is 1. The van der Waals surface area contributed by atoms with Crippen LogP contribution in [0.1, 0.15) is 28.4 Å². The Hall–Kier alpha value is -3.60. The molecule has 5 heteroatoms. The van der Waals surface area contributed by atoms with E-state index in [9.17, 15) is 9.59 Å². The van der Waals surface area contributed by atoms with Crippen molar-refractivity contribution < 1.29 is 14.3 Å². The quantitative estimate of drug-likeness (QED) is 0.616. The number of hydrogen-bond acceptors (Lipinski definition) is 3. The maximum Gasteiger partial charge on any atom is 0.316 e. The van der Waals surface area contributed by atoms with Crippen molar-refractivity contribution in [2.75, 3.05) is 12.4 Å². The first-order chi connectivity index (χ1) is 13.5. The van der Waals surface area contributed by atoms with Crippen molar-refractivity contribution in [2.24, 2.45) is 5.73 Å². The van der Waals surface area contributed by atoms with Crippen molar-refractivity contribution >= 4 is 17.5 Å². The molecule has 3 rings (SSSR count). The minimum atomic E-state index is -0.583. The standard InChI is InChI=1S/C23H22N2O3/c1-15(26)18-4-3-5-19(14-18)21-13-17(8-11-22(21)28-2)12-16-6-9-20(10-7-16)25-23(24)27/h3-11,13-14H,12H2,1-2H3,(H3,24,25,27). The van der Waals surface area contributed by atoms with Crippen molar-refractivity contribution in [3.8, 4) is 16.9 Å². The summed E-state index contributed by atoms with van der Waals surface area (Å²) >= 11 is 0. The highest BCUT2D eigenvalue weighted by molar-refractivity contribution is 5.95. The highest BCUT2D eigenvalue weighted by Crippen LogP contribution is 2.32. The fourth-order valence-corrected chi connectivity index (χ4v) is 3.08. The van der Waals surface area contributed by atoms with Gasteiger partial charge in [-0.2, -0.15) is 0 Å². The van der Waals surface area contributed by atoms with Crippen LogP contribution in [-0.4, -0.2) is 18.9 Å². The zero-order chi connectivity index (χ0) is 20.1. The van der Waals surface area contributed by atoms with Gasteiger partial charge in [-0.1, -0.05) is 36.4 Å². The second-order valence-electron chi connectivity index (χ2n) is 6.53. The highest BCUT2D eigenvalue weighted by atomic mass is 16.5. The minimum absolute atomic E-state index is 0.0293. The summed E-state index contributed by atoms with van der Waals surface area (Å²) in [5.74, 6) is 0.784. The first-order valence-electron chi connectivity index (χ1n) is 8.90. The summed E-state index contributed by atoms with van der Waals surface area (Å²) in [5, 5.41) is 2.55. The van der Waals surface area contributed by atoms with Crippen molar-refractivity contribution in [3.05, 3.63) is 83.4 Å². The molecule has 0 saturated heterocycles. The van der Waals surface area contributed by atoms with Gasteiger partial charge in [-0.15, -0.1) is 0 Å². The molecule has 0 spiro atoms. The number of anilines is 1. The molecule has 0 atom stereocenters. The number of hydrogen-bond donors (Lipinski definition) is 2. The third-order valence-electron chi connectivity index (χ3n) is 4.47. The molecule has 0 aliphatic heterocycles. The van der Waals surface area contributed by atoms with Gasteiger partial charge in [0.1, 0.15) is 5.75 Å². The van der Waals surface area contributed by atoms with E-state index < -0.39 is 6.03 Å². The van der Waals surface area contributed by atoms with Crippen LogP contribution in [0.4, 0.5) is 10.5 Å². The summed E-state index contributed by atoms with van der Waals surface area (Å²) in [6.07, 6.45) is 0.722. The van der Waals surface area contributed by atoms with Gasteiger partial charge in [0.05, 0.1) is 7.11 Å². The number of nitrogens with one attached hydrogen (secondary N) is 1. The van der Waals surface area contributed by atoms with Crippen molar-refractivity contribution in [1.82, 2.24) is 0 Å². The number of carbonyl (C=O) groups is 2. The van der Waals surface area contributed by atoms with Crippen LogP contribution in [0, 0.1) is 0 Å². The zero-order valence-electron chi connectivity index (χ0n) is 15.9. The van der Waals surface area contributed by atoms with E-state index in [1.54, 1.807) is 14.0 Å². The largest absolute Gasteiger partial charge is 0.496 e. The van der Waals surface area contributed by atoms with Crippen molar-refractivity contribution in [2.45, 2.75) is 13.3 Å². The van der Waals surface area contributed by atoms with Crippen LogP contribution in [0.5, 0.6) is 5.75 Å². The Morgan fingerprint density at radius 3 is 2.32 bits per heavy atom. The Morgan fingerprint density at radius 2 is 1.68 bits per heavy atom. The van der Waals surface area contributed by atoms with Gasteiger partial charge in [0.25, 0.3) is 0 Å². The van der Waals surface area contributed by atoms with Crippen LogP contribution in [0.15, 0.2) is 66.7 Å². The lowest BCUT2D eigenvalue weighted by Gasteiger charge is -2.12. The molecule has 0 fully saturated rings. The number of primary amides is 1. The summed E-state index contributed by atoms with van der Waals surface area (Å²) in [7, 11) is 1.64. The Kier molecular flexibility index (Phi) is 5.75. The molecule has 2 amide bonds. The Bertz CT molecular complexity index is 1010. The van der Waals surface area contributed by atoms with Crippen molar-refractivity contribution in [3.63, 3.8) is 0 Å². The first kappa shape index (κ1) is 19.2. The Morgan fingerprint density at radius 1 is 0.964 bits per heavy atom. The monoisotopic (exact) mass is 374 g/mol. The lowest BCUT2D eigenvalue weighted by Crippen LogP contribution is -2.19. The maximum atomic E-state index is 11.7. The van der Waals surface area contributed by atoms with E-state index in [-0.39, 0.29) is 5.78 Å². The van der Waals surface area contributed by atoms with E-state index in [1.807, 2.05) is 60.7 Å². The molecular formula is C23H22N2O3. The summed E-state index contributed by atoms with van der Waals surface area (Å²) < 4.78 is 5.52. The maximum absolute atomic E-state index is 11.7. The topological polar surface area (TPSA) is 81.4 Å². The molecule has 0 bridgehead atoms. The molecular weight excluding hydrogens is 352 g/mol. The van der Waals surface area contributed by atoms with Crippen molar-refractivity contribution in [1.29, 1.82) is 0 Å². The molecule has 0 saturated carbocycles. The second-order valence-corrected chi connectivity index (χ2v) is 6.53. The fourth-order valence-electron chi connectivity index (χ4n) is 3.08. The highest BCUT2D eigenvalue weighted by Gasteiger charge is 2.10. The summed E-state index contributed by atoms with van der Waals surface area (Å²) in [4.78, 5) is 22.6. The number of amides is 2. The number of rotatable bonds is 6. The zero-order valence-corrected chi connectivity index (χ0v) is 15.9. The van der Waals surface area contributed by atoms with Crippen LogP contribution in [0.3, 0.4) is 0 Å². The number of carbonyl (C=O) groups excluding carboxylic acids is 2. The SMILES string of the molecule is COc1ccc(Cc2ccc(NC(N)=O)cc2)cc1-c1cccc(C(C)=O)c1. The molecule has 0 aliphatic carbocycles. The van der Waals surface area contributed by atoms with Crippen LogP contribution in [0.25, 0.3) is 11.1 Å². The van der Waals surface area contributed by atoms with Gasteiger partial charge in [-0.25, -0.2) is 4.79 Å². The normalized spacial score (nSPS) is 10.4. The number of ketones is 1. The number of Topliss-reactive ketones (excluding diaryl/α,β-unsaturated/α-hetero) is 1. The van der Waals surface area contributed by atoms with Gasteiger partial charge in [-0.3, -0.25) is 4.79 Å². The lowest BCUT2D eigenvalue weighted by molar-refractivity contribution is 0.101. The Balaban J connectivity index is 1.90. The molecule has 0 aromatic heterocycles. The number of urea groups is 1. The predicted octanol–water partition coefficient (Wildman–Crippen LogP) is 4.65. The molecule has 0 aliphatic rings. The smallest absolute Gasteiger partial charge is 0.316 e. The number of nitrogens with two attached hydrogens (primary N) is 1. The van der Waals surface area contributed by atoms with E-state index in [1.165, 1.54) is 0 Å². The third kappa shape index (κ3) is 4.57. The molecule has 3 N–H and O–H groups in total. The summed E-state index contributed by atoms with van der Waals surface area (Å²) in [6, 6.07) is 20.5. The van der Waals surface area contributed by atoms with Gasteiger partial charge in [0.2, 0.25) is 0 Å². The predicted molar refractivity (Wildman–Crippen MR) is 111 cm³/mol. The van der Waals surface area contributed by atoms with Gasteiger partial charge < -0.3 is 15.8 Å². The average Bonchev–Trinajstić information content (AvgIpc) is 2.69. The first-order valence-corrected chi connectivity index (χ1v) is 8.90. The third-order valence-corrected chi connectivity index (χ3v) is 4.47. The summed E-state index contributed by atoms with van der Waals surface area (Å²) in [6.45, 7) is 1.56. The van der Waals surface area contributed by atoms with E-state index >= 15 is 0 Å². The van der Waals surface area contributed by atoms with E-state index in [2.05, 4.69) is 11.4 Å². The van der Waals surface area contributed by atoms with E-state index in [4.69, 9.17) is 10.5 Å². The molecule has 0 heterocycles. The van der Waals surface area contributed by atoms with Crippen LogP contribution < -0.4 is 15.8 Å². The van der Waals surface area contributed by atoms with Gasteiger partial charge >= 0.3 is 6.03 Å². The molecule has 0 radical (unpaired) electrons. The Labute approximate surface area is 164 Å². The number of methoxy groups -OCH3 is 1. The second kappa shape index (κ2) is 8.39. The van der Waals surface area contributed by atoms with Gasteiger partial charge in [-0.05, 0) is 60.4 Å². The van der Waals surface area contributed by atoms with Crippen LogP contribution >= 0.6 is 0 Å². The fraction of sp³-hybridized carbons (Fsp3) is 0.130. The average molecular weight is 374 g/mol. The van der Waals surface area contributed by atoms with E-state index in [0.29, 0.717) is 11.3 Å². The lowest BCUT2D eigenvalue weighted by atomic mass is 9.96. The molecule has 3 aromatic rings. The number of benzene rings is 3. The summed E-state index contributed by atoms with van der Waals surface area (Å²) in [5.41, 5.74) is 10.5. The van der Waals surface area contributed by atoms with E-state index in [0.717, 1.165) is 34.4 Å². The minimum Gasteiger partial charge on any atom is -0.496 e. The van der Waals surface area contributed by atoms with Crippen LogP contribution in [0.2, 0.25) is 0 Å². The molecule has 28 heavy (non-hydrogen) atoms. The van der Waals surface area contributed by atoms with Gasteiger partial charge in [0, 0.05) is 16.8 Å². The van der Waals surface area contributed by atoms with Crippen LogP contribution in [-0.2, 0) is 6.42 Å². The van der Waals surface area contributed by atoms with Gasteiger partial charge in [0.15, 0.2) is 5.78 Å². The molecule has 5 nitrogen and oxygen atoms in total. The molecule has 0 unspecified atom stereocenters. The molecule has 142 valence electrons.